The molecule has 0 bridgehead atoms. The average molecular weight is 271 g/mol. The highest BCUT2D eigenvalue weighted by Gasteiger charge is 2.20. The molecule has 0 radical (unpaired) electrons. The van der Waals surface area contributed by atoms with Crippen LogP contribution in [-0.4, -0.2) is 23.7 Å². The summed E-state index contributed by atoms with van der Waals surface area (Å²) >= 11 is 0. The van der Waals surface area contributed by atoms with Gasteiger partial charge in [0.05, 0.1) is 19.3 Å². The maximum atomic E-state index is 11.9. The number of sulfonamides is 1. The van der Waals surface area contributed by atoms with E-state index in [4.69, 9.17) is 9.52 Å². The molecule has 0 saturated carbocycles. The van der Waals surface area contributed by atoms with E-state index in [2.05, 4.69) is 14.9 Å². The molecule has 8 heteroatoms. The van der Waals surface area contributed by atoms with Crippen LogP contribution in [0, 0.1) is 6.92 Å². The Balaban J connectivity index is 2.13. The molecule has 0 spiro atoms. The first-order chi connectivity index (χ1) is 8.53. The Kier molecular flexibility index (Phi) is 3.50. The Morgan fingerprint density at radius 2 is 2.28 bits per heavy atom. The van der Waals surface area contributed by atoms with Crippen LogP contribution in [0.15, 0.2) is 27.8 Å². The summed E-state index contributed by atoms with van der Waals surface area (Å²) in [6.45, 7) is 1.42. The smallest absolute Gasteiger partial charge is 0.258 e. The molecule has 2 rings (SSSR count). The van der Waals surface area contributed by atoms with Crippen molar-refractivity contribution in [1.82, 2.24) is 14.9 Å². The minimum Gasteiger partial charge on any atom is -0.465 e. The first-order valence-electron chi connectivity index (χ1n) is 5.21. The van der Waals surface area contributed by atoms with Crippen molar-refractivity contribution in [2.45, 2.75) is 25.1 Å². The van der Waals surface area contributed by atoms with E-state index in [0.717, 1.165) is 0 Å². The largest absolute Gasteiger partial charge is 0.465 e. The van der Waals surface area contributed by atoms with E-state index in [1.165, 1.54) is 6.20 Å². The number of rotatable bonds is 5. The maximum Gasteiger partial charge on any atom is 0.258 e. The van der Waals surface area contributed by atoms with Gasteiger partial charge in [0.1, 0.15) is 11.5 Å². The normalized spacial score (nSPS) is 11.9. The SMILES string of the molecule is Cc1ccc(CNS(=O)(=O)c2[nH]ncc2CO)o1. The number of hydrogen-bond donors (Lipinski definition) is 3. The Hall–Kier alpha value is -1.64. The number of furan rings is 1. The molecule has 2 heterocycles. The third-order valence-corrected chi connectivity index (χ3v) is 3.76. The summed E-state index contributed by atoms with van der Waals surface area (Å²) in [6, 6.07) is 3.44. The van der Waals surface area contributed by atoms with Crippen LogP contribution in [0.25, 0.3) is 0 Å². The lowest BCUT2D eigenvalue weighted by Gasteiger charge is -2.04. The molecule has 0 aromatic carbocycles. The van der Waals surface area contributed by atoms with E-state index in [9.17, 15) is 8.42 Å². The average Bonchev–Trinajstić information content (AvgIpc) is 2.95. The van der Waals surface area contributed by atoms with E-state index in [-0.39, 0.29) is 17.1 Å². The highest BCUT2D eigenvalue weighted by Crippen LogP contribution is 2.13. The third kappa shape index (κ3) is 2.61. The van der Waals surface area contributed by atoms with E-state index in [1.54, 1.807) is 19.1 Å². The van der Waals surface area contributed by atoms with E-state index in [1.807, 2.05) is 0 Å². The van der Waals surface area contributed by atoms with Crippen molar-refractivity contribution >= 4 is 10.0 Å². The molecule has 0 aliphatic rings. The lowest BCUT2D eigenvalue weighted by Crippen LogP contribution is -2.24. The van der Waals surface area contributed by atoms with Crippen LogP contribution in [0.4, 0.5) is 0 Å². The zero-order valence-corrected chi connectivity index (χ0v) is 10.5. The summed E-state index contributed by atoms with van der Waals surface area (Å²) in [5.41, 5.74) is 0.220. The van der Waals surface area contributed by atoms with Gasteiger partial charge in [0.2, 0.25) is 0 Å². The van der Waals surface area contributed by atoms with Gasteiger partial charge in [0.25, 0.3) is 10.0 Å². The first-order valence-corrected chi connectivity index (χ1v) is 6.69. The molecule has 0 fully saturated rings. The zero-order valence-electron chi connectivity index (χ0n) is 9.67. The highest BCUT2D eigenvalue weighted by atomic mass is 32.2. The number of H-pyrrole nitrogens is 1. The number of hydrogen-bond acceptors (Lipinski definition) is 5. The van der Waals surface area contributed by atoms with Crippen LogP contribution >= 0.6 is 0 Å². The quantitative estimate of drug-likeness (QED) is 0.724. The molecule has 2 aromatic rings. The Morgan fingerprint density at radius 1 is 1.50 bits per heavy atom. The van der Waals surface area contributed by atoms with Gasteiger partial charge in [0.15, 0.2) is 5.03 Å². The molecule has 0 saturated heterocycles. The predicted octanol–water partition coefficient (Wildman–Crippen LogP) is 0.282. The van der Waals surface area contributed by atoms with Gasteiger partial charge in [-0.05, 0) is 19.1 Å². The second kappa shape index (κ2) is 4.92. The van der Waals surface area contributed by atoms with Gasteiger partial charge >= 0.3 is 0 Å². The second-order valence-electron chi connectivity index (χ2n) is 3.72. The standard InChI is InChI=1S/C10H13N3O4S/c1-7-2-3-9(17-7)5-12-18(15,16)10-8(6-14)4-11-13-10/h2-4,12,14H,5-6H2,1H3,(H,11,13). The zero-order chi connectivity index (χ0) is 13.2. The summed E-state index contributed by atoms with van der Waals surface area (Å²) in [5, 5.41) is 14.8. The predicted molar refractivity (Wildman–Crippen MR) is 62.0 cm³/mol. The lowest BCUT2D eigenvalue weighted by atomic mass is 10.4. The van der Waals surface area contributed by atoms with Crippen LogP contribution in [-0.2, 0) is 23.2 Å². The van der Waals surface area contributed by atoms with E-state index >= 15 is 0 Å². The molecule has 98 valence electrons. The molecule has 0 amide bonds. The fourth-order valence-corrected chi connectivity index (χ4v) is 2.57. The number of nitrogens with one attached hydrogen (secondary N) is 2. The van der Waals surface area contributed by atoms with Gasteiger partial charge in [0, 0.05) is 5.56 Å². The summed E-state index contributed by atoms with van der Waals surface area (Å²) < 4.78 is 31.4. The molecule has 3 N–H and O–H groups in total. The van der Waals surface area contributed by atoms with Crippen LogP contribution in [0.3, 0.4) is 0 Å². The Morgan fingerprint density at radius 3 is 2.89 bits per heavy atom. The highest BCUT2D eigenvalue weighted by molar-refractivity contribution is 7.89. The van der Waals surface area contributed by atoms with Crippen molar-refractivity contribution in [3.05, 3.63) is 35.4 Å². The number of aryl methyl sites for hydroxylation is 1. The van der Waals surface area contributed by atoms with Crippen molar-refractivity contribution in [1.29, 1.82) is 0 Å². The van der Waals surface area contributed by atoms with Gasteiger partial charge < -0.3 is 9.52 Å². The summed E-state index contributed by atoms with van der Waals surface area (Å²) in [5.74, 6) is 1.22. The molecular weight excluding hydrogens is 258 g/mol. The molecule has 18 heavy (non-hydrogen) atoms. The molecule has 0 unspecified atom stereocenters. The van der Waals surface area contributed by atoms with Crippen LogP contribution in [0.2, 0.25) is 0 Å². The molecule has 7 nitrogen and oxygen atoms in total. The lowest BCUT2D eigenvalue weighted by molar-refractivity contribution is 0.278. The minimum absolute atomic E-state index is 0.0417. The fourth-order valence-electron chi connectivity index (χ4n) is 1.46. The maximum absolute atomic E-state index is 11.9. The van der Waals surface area contributed by atoms with E-state index < -0.39 is 16.6 Å². The third-order valence-electron chi connectivity index (χ3n) is 2.35. The van der Waals surface area contributed by atoms with E-state index in [0.29, 0.717) is 11.5 Å². The van der Waals surface area contributed by atoms with Crippen LogP contribution < -0.4 is 4.72 Å². The van der Waals surface area contributed by atoms with Crippen molar-refractivity contribution in [2.75, 3.05) is 0 Å². The summed E-state index contributed by atoms with van der Waals surface area (Å²) in [7, 11) is -3.74. The summed E-state index contributed by atoms with van der Waals surface area (Å²) in [6.07, 6.45) is 1.27. The monoisotopic (exact) mass is 271 g/mol. The number of aromatic nitrogens is 2. The molecule has 0 atom stereocenters. The van der Waals surface area contributed by atoms with Crippen LogP contribution in [0.1, 0.15) is 17.1 Å². The molecular formula is C10H13N3O4S. The number of aliphatic hydroxyl groups excluding tert-OH is 1. The van der Waals surface area contributed by atoms with Crippen molar-refractivity contribution in [3.63, 3.8) is 0 Å². The number of nitrogens with zero attached hydrogens (tertiary/aromatic N) is 1. The van der Waals surface area contributed by atoms with Gasteiger partial charge in [-0.15, -0.1) is 0 Å². The van der Waals surface area contributed by atoms with Gasteiger partial charge in [-0.1, -0.05) is 0 Å². The van der Waals surface area contributed by atoms with Crippen LogP contribution in [0.5, 0.6) is 0 Å². The first kappa shape index (κ1) is 12.8. The topological polar surface area (TPSA) is 108 Å². The summed E-state index contributed by atoms with van der Waals surface area (Å²) in [4.78, 5) is 0. The number of aliphatic hydroxyl groups is 1. The van der Waals surface area contributed by atoms with Gasteiger partial charge in [-0.2, -0.15) is 5.10 Å². The molecule has 0 aliphatic carbocycles. The van der Waals surface area contributed by atoms with Gasteiger partial charge in [-0.25, -0.2) is 13.1 Å². The second-order valence-corrected chi connectivity index (χ2v) is 5.42. The minimum atomic E-state index is -3.74. The number of aromatic amines is 1. The Labute approximate surface area is 104 Å². The van der Waals surface area contributed by atoms with Gasteiger partial charge in [-0.3, -0.25) is 5.10 Å². The van der Waals surface area contributed by atoms with Crippen molar-refractivity contribution in [3.8, 4) is 0 Å². The van der Waals surface area contributed by atoms with Crippen molar-refractivity contribution < 1.29 is 17.9 Å². The Bertz CT molecular complexity index is 629. The molecule has 0 aliphatic heterocycles. The fraction of sp³-hybridized carbons (Fsp3) is 0.300. The van der Waals surface area contributed by atoms with Crippen molar-refractivity contribution in [2.24, 2.45) is 0 Å². The molecule has 2 aromatic heterocycles.